The third kappa shape index (κ3) is 4.56. The van der Waals surface area contributed by atoms with E-state index in [1.165, 1.54) is 23.4 Å². The van der Waals surface area contributed by atoms with Crippen molar-refractivity contribution in [1.82, 2.24) is 9.55 Å². The third-order valence-electron chi connectivity index (χ3n) is 5.11. The highest BCUT2D eigenvalue weighted by atomic mass is 32.2. The predicted molar refractivity (Wildman–Crippen MR) is 128 cm³/mol. The quantitative estimate of drug-likeness (QED) is 0.218. The topological polar surface area (TPSA) is 79.7 Å². The maximum Gasteiger partial charge on any atom is 0.266 e. The van der Waals surface area contributed by atoms with Crippen molar-refractivity contribution >= 4 is 28.4 Å². The summed E-state index contributed by atoms with van der Waals surface area (Å²) < 4.78 is 17.4. The molecule has 4 aromatic rings. The van der Waals surface area contributed by atoms with Crippen LogP contribution in [-0.2, 0) is 0 Å². The summed E-state index contributed by atoms with van der Waals surface area (Å²) in [7, 11) is 4.66. The number of carbonyl (C=O) groups is 1. The van der Waals surface area contributed by atoms with Crippen LogP contribution >= 0.6 is 11.8 Å². The molecule has 7 nitrogen and oxygen atoms in total. The van der Waals surface area contributed by atoms with Gasteiger partial charge in [0.25, 0.3) is 5.56 Å². The Balaban J connectivity index is 1.75. The van der Waals surface area contributed by atoms with E-state index in [1.807, 2.05) is 6.07 Å². The number of rotatable bonds is 8. The Morgan fingerprint density at radius 3 is 2.33 bits per heavy atom. The molecule has 8 heteroatoms. The summed E-state index contributed by atoms with van der Waals surface area (Å²) >= 11 is 1.21. The van der Waals surface area contributed by atoms with E-state index in [9.17, 15) is 9.59 Å². The summed E-state index contributed by atoms with van der Waals surface area (Å²) in [6, 6.07) is 19.3. The van der Waals surface area contributed by atoms with Crippen LogP contribution in [0.15, 0.2) is 76.7 Å². The van der Waals surface area contributed by atoms with Gasteiger partial charge in [0.2, 0.25) is 0 Å². The monoisotopic (exact) mass is 462 g/mol. The van der Waals surface area contributed by atoms with Gasteiger partial charge in [-0.3, -0.25) is 14.2 Å². The molecule has 3 aromatic carbocycles. The Hall–Kier alpha value is -3.78. The van der Waals surface area contributed by atoms with E-state index >= 15 is 0 Å². The minimum atomic E-state index is -0.229. The zero-order chi connectivity index (χ0) is 23.4. The largest absolute Gasteiger partial charge is 0.497 e. The Morgan fingerprint density at radius 2 is 1.64 bits per heavy atom. The van der Waals surface area contributed by atoms with Gasteiger partial charge in [0.05, 0.1) is 43.7 Å². The highest BCUT2D eigenvalue weighted by Crippen LogP contribution is 2.31. The molecule has 0 atom stereocenters. The average molecular weight is 463 g/mol. The number of Topliss-reactive ketones (excluding diaryl/α,β-unsaturated/α-hetero) is 1. The van der Waals surface area contributed by atoms with Gasteiger partial charge in [0, 0.05) is 11.6 Å². The molecule has 0 spiro atoms. The molecule has 0 aliphatic heterocycles. The van der Waals surface area contributed by atoms with Gasteiger partial charge in [-0.1, -0.05) is 23.9 Å². The number of hydrogen-bond acceptors (Lipinski definition) is 7. The number of aromatic nitrogens is 2. The molecule has 0 saturated heterocycles. The van der Waals surface area contributed by atoms with Crippen molar-refractivity contribution in [3.8, 4) is 22.9 Å². The summed E-state index contributed by atoms with van der Waals surface area (Å²) in [5.41, 5.74) is 1.46. The predicted octanol–water partition coefficient (Wildman–Crippen LogP) is 4.39. The van der Waals surface area contributed by atoms with Crippen molar-refractivity contribution in [3.05, 3.63) is 82.6 Å². The zero-order valence-corrected chi connectivity index (χ0v) is 19.2. The molecule has 0 aliphatic rings. The highest BCUT2D eigenvalue weighted by Gasteiger charge is 2.17. The van der Waals surface area contributed by atoms with Gasteiger partial charge in [-0.25, -0.2) is 4.98 Å². The first-order valence-corrected chi connectivity index (χ1v) is 11.1. The molecular formula is C25H22N2O5S. The van der Waals surface area contributed by atoms with E-state index in [2.05, 4.69) is 4.98 Å². The molecule has 0 fully saturated rings. The Bertz CT molecular complexity index is 1370. The molecule has 0 unspecified atom stereocenters. The normalized spacial score (nSPS) is 10.8. The molecule has 168 valence electrons. The van der Waals surface area contributed by atoms with Crippen LogP contribution in [0.1, 0.15) is 10.4 Å². The van der Waals surface area contributed by atoms with Gasteiger partial charge in [0.15, 0.2) is 22.4 Å². The van der Waals surface area contributed by atoms with E-state index in [-0.39, 0.29) is 17.1 Å². The molecule has 0 N–H and O–H groups in total. The zero-order valence-electron chi connectivity index (χ0n) is 18.4. The number of fused-ring (bicyclic) bond motifs is 1. The Labute approximate surface area is 194 Å². The van der Waals surface area contributed by atoms with Crippen LogP contribution in [0.2, 0.25) is 0 Å². The van der Waals surface area contributed by atoms with Gasteiger partial charge in [-0.05, 0) is 48.5 Å². The van der Waals surface area contributed by atoms with Gasteiger partial charge in [0.1, 0.15) is 5.75 Å². The molecule has 0 radical (unpaired) electrons. The van der Waals surface area contributed by atoms with Crippen LogP contribution in [0.4, 0.5) is 0 Å². The van der Waals surface area contributed by atoms with Crippen LogP contribution in [0.25, 0.3) is 16.6 Å². The minimum absolute atomic E-state index is 0.0797. The van der Waals surface area contributed by atoms with Gasteiger partial charge < -0.3 is 14.2 Å². The molecule has 0 aliphatic carbocycles. The second-order valence-electron chi connectivity index (χ2n) is 7.03. The van der Waals surface area contributed by atoms with Gasteiger partial charge >= 0.3 is 0 Å². The van der Waals surface area contributed by atoms with Gasteiger partial charge in [-0.15, -0.1) is 0 Å². The van der Waals surface area contributed by atoms with E-state index in [4.69, 9.17) is 14.2 Å². The second kappa shape index (κ2) is 9.79. The summed E-state index contributed by atoms with van der Waals surface area (Å²) in [6.07, 6.45) is 0. The molecule has 0 bridgehead atoms. The first kappa shape index (κ1) is 22.4. The molecule has 4 rings (SSSR count). The maximum atomic E-state index is 13.4. The fourth-order valence-electron chi connectivity index (χ4n) is 3.39. The van der Waals surface area contributed by atoms with Crippen molar-refractivity contribution in [2.24, 2.45) is 0 Å². The fourth-order valence-corrected chi connectivity index (χ4v) is 4.30. The number of carbonyl (C=O) groups excluding carboxylic acids is 1. The number of para-hydroxylation sites is 1. The fraction of sp³-hybridized carbons (Fsp3) is 0.160. The number of thioether (sulfide) groups is 1. The van der Waals surface area contributed by atoms with Crippen LogP contribution in [0, 0.1) is 0 Å². The minimum Gasteiger partial charge on any atom is -0.497 e. The lowest BCUT2D eigenvalue weighted by Crippen LogP contribution is -2.22. The van der Waals surface area contributed by atoms with E-state index in [0.717, 1.165) is 0 Å². The van der Waals surface area contributed by atoms with Crippen LogP contribution in [-0.4, -0.2) is 42.4 Å². The Morgan fingerprint density at radius 1 is 0.909 bits per heavy atom. The highest BCUT2D eigenvalue weighted by molar-refractivity contribution is 7.99. The number of nitrogens with zero attached hydrogens (tertiary/aromatic N) is 2. The average Bonchev–Trinajstić information content (AvgIpc) is 2.87. The standard InChI is InChI=1S/C25H22N2O5S/c1-30-18-11-8-16(9-12-18)21(28)15-33-25-26-20-7-5-4-6-19(20)24(29)27(25)17-10-13-22(31-2)23(14-17)32-3/h4-14H,15H2,1-3H3. The van der Waals surface area contributed by atoms with Crippen molar-refractivity contribution in [3.63, 3.8) is 0 Å². The SMILES string of the molecule is COc1ccc(C(=O)CSc2nc3ccccc3c(=O)n2-c2ccc(OC)c(OC)c2)cc1. The van der Waals surface area contributed by atoms with Crippen molar-refractivity contribution in [2.75, 3.05) is 27.1 Å². The molecular weight excluding hydrogens is 440 g/mol. The lowest BCUT2D eigenvalue weighted by Gasteiger charge is -2.15. The number of ether oxygens (including phenoxy) is 3. The summed E-state index contributed by atoms with van der Waals surface area (Å²) in [4.78, 5) is 30.9. The Kier molecular flexibility index (Phi) is 6.65. The van der Waals surface area contributed by atoms with Crippen molar-refractivity contribution in [1.29, 1.82) is 0 Å². The summed E-state index contributed by atoms with van der Waals surface area (Å²) in [5.74, 6) is 1.75. The molecule has 0 amide bonds. The van der Waals surface area contributed by atoms with Crippen molar-refractivity contribution < 1.29 is 19.0 Å². The number of benzene rings is 3. The number of ketones is 1. The smallest absolute Gasteiger partial charge is 0.266 e. The van der Waals surface area contributed by atoms with E-state index in [1.54, 1.807) is 74.9 Å². The summed E-state index contributed by atoms with van der Waals surface area (Å²) in [6.45, 7) is 0. The number of methoxy groups -OCH3 is 3. The maximum absolute atomic E-state index is 13.4. The van der Waals surface area contributed by atoms with Crippen LogP contribution in [0.3, 0.4) is 0 Å². The van der Waals surface area contributed by atoms with Crippen molar-refractivity contribution in [2.45, 2.75) is 5.16 Å². The lowest BCUT2D eigenvalue weighted by atomic mass is 10.1. The first-order chi connectivity index (χ1) is 16.0. The molecule has 0 saturated carbocycles. The van der Waals surface area contributed by atoms with E-state index < -0.39 is 0 Å². The van der Waals surface area contributed by atoms with Crippen LogP contribution in [0.5, 0.6) is 17.2 Å². The molecule has 1 aromatic heterocycles. The number of hydrogen-bond donors (Lipinski definition) is 0. The summed E-state index contributed by atoms with van der Waals surface area (Å²) in [5, 5.41) is 0.894. The van der Waals surface area contributed by atoms with E-state index in [0.29, 0.717) is 44.6 Å². The third-order valence-corrected chi connectivity index (χ3v) is 6.05. The second-order valence-corrected chi connectivity index (χ2v) is 7.97. The van der Waals surface area contributed by atoms with Gasteiger partial charge in [-0.2, -0.15) is 0 Å². The first-order valence-electron chi connectivity index (χ1n) is 10.1. The van der Waals surface area contributed by atoms with Crippen LogP contribution < -0.4 is 19.8 Å². The lowest BCUT2D eigenvalue weighted by molar-refractivity contribution is 0.102. The molecule has 1 heterocycles. The molecule has 33 heavy (non-hydrogen) atoms.